The lowest BCUT2D eigenvalue weighted by Gasteiger charge is -2.20. The van der Waals surface area contributed by atoms with E-state index in [0.29, 0.717) is 0 Å². The number of aromatic nitrogens is 2. The number of imidazole rings is 1. The molecular weight excluding hydrogens is 410 g/mol. The van der Waals surface area contributed by atoms with Crippen molar-refractivity contribution in [3.8, 4) is 11.3 Å². The molecule has 2 N–H and O–H groups in total. The van der Waals surface area contributed by atoms with Gasteiger partial charge in [0.05, 0.1) is 17.4 Å². The average molecular weight is 438 g/mol. The molecule has 1 atom stereocenters. The van der Waals surface area contributed by atoms with Gasteiger partial charge in [-0.2, -0.15) is 0 Å². The van der Waals surface area contributed by atoms with E-state index < -0.39 is 5.91 Å². The fourth-order valence-electron chi connectivity index (χ4n) is 4.17. The highest BCUT2D eigenvalue weighted by atomic mass is 16.5. The van der Waals surface area contributed by atoms with Crippen LogP contribution in [-0.2, 0) is 11.2 Å². The van der Waals surface area contributed by atoms with Gasteiger partial charge >= 0.3 is 0 Å². The first-order chi connectivity index (χ1) is 16.1. The van der Waals surface area contributed by atoms with Crippen LogP contribution in [0.1, 0.15) is 41.2 Å². The van der Waals surface area contributed by atoms with Crippen LogP contribution >= 0.6 is 0 Å². The van der Waals surface area contributed by atoms with E-state index in [2.05, 4.69) is 54.0 Å². The van der Waals surface area contributed by atoms with Crippen LogP contribution in [0.3, 0.4) is 0 Å². The number of nitrogens with zero attached hydrogens (tertiary/aromatic N) is 2. The van der Waals surface area contributed by atoms with Gasteiger partial charge in [-0.15, -0.1) is 0 Å². The fourth-order valence-corrected chi connectivity index (χ4v) is 4.17. The van der Waals surface area contributed by atoms with Crippen molar-refractivity contribution in [2.45, 2.75) is 26.3 Å². The second kappa shape index (κ2) is 10.1. The minimum absolute atomic E-state index is 0.0950. The number of rotatable bonds is 7. The first-order valence-electron chi connectivity index (χ1n) is 11.0. The Bertz CT molecular complexity index is 1260. The van der Waals surface area contributed by atoms with Gasteiger partial charge in [0.25, 0.3) is 5.91 Å². The zero-order chi connectivity index (χ0) is 23.2. The van der Waals surface area contributed by atoms with Crippen LogP contribution in [0.25, 0.3) is 17.3 Å². The molecule has 166 valence electrons. The van der Waals surface area contributed by atoms with Gasteiger partial charge in [-0.05, 0) is 42.7 Å². The third-order valence-electron chi connectivity index (χ3n) is 5.74. The summed E-state index contributed by atoms with van der Waals surface area (Å²) in [6.45, 7) is 4.24. The second-order valence-electron chi connectivity index (χ2n) is 8.01. The molecule has 0 unspecified atom stereocenters. The Balaban J connectivity index is 1.84. The summed E-state index contributed by atoms with van der Waals surface area (Å²) in [4.78, 5) is 16.4. The van der Waals surface area contributed by atoms with E-state index in [1.807, 2.05) is 49.4 Å². The van der Waals surface area contributed by atoms with Gasteiger partial charge in [-0.1, -0.05) is 78.9 Å². The molecule has 4 aromatic rings. The quantitative estimate of drug-likeness (QED) is 0.225. The van der Waals surface area contributed by atoms with Gasteiger partial charge in [0.1, 0.15) is 5.82 Å². The highest BCUT2D eigenvalue weighted by Crippen LogP contribution is 2.33. The Labute approximate surface area is 194 Å². The zero-order valence-corrected chi connectivity index (χ0v) is 18.8. The Kier molecular flexibility index (Phi) is 6.81. The van der Waals surface area contributed by atoms with Crippen molar-refractivity contribution in [2.75, 3.05) is 0 Å². The Morgan fingerprint density at radius 3 is 2.42 bits per heavy atom. The molecule has 0 aliphatic heterocycles. The second-order valence-corrected chi connectivity index (χ2v) is 8.01. The predicted molar refractivity (Wildman–Crippen MR) is 131 cm³/mol. The topological polar surface area (TPSA) is 67.2 Å². The van der Waals surface area contributed by atoms with E-state index in [4.69, 9.17) is 10.2 Å². The molecule has 0 spiro atoms. The standard InChI is InChI=1S/C28H27N3O2/c1-20(24-13-7-4-8-14-24)31-21(2)29-26(19-22-10-5-3-6-11-22)28(31)25-15-9-12-23(18-25)16-17-27(32)30-33/h3-18,20,33H,19H2,1-2H3,(H,30,32)/t20-/m1/s1. The SMILES string of the molecule is Cc1nc(Cc2ccccc2)c(-c2cccc(C=CC(=O)NO)c2)n1[C@H](C)c1ccccc1. The van der Waals surface area contributed by atoms with E-state index in [0.717, 1.165) is 34.8 Å². The predicted octanol–water partition coefficient (Wildman–Crippen LogP) is 5.58. The van der Waals surface area contributed by atoms with Crippen LogP contribution in [0.5, 0.6) is 0 Å². The molecule has 5 heteroatoms. The number of amides is 1. The molecule has 1 amide bonds. The number of carbonyl (C=O) groups excluding carboxylic acids is 1. The summed E-state index contributed by atoms with van der Waals surface area (Å²) in [5.41, 5.74) is 7.99. The van der Waals surface area contributed by atoms with Crippen molar-refractivity contribution in [2.24, 2.45) is 0 Å². The maximum atomic E-state index is 11.4. The molecule has 0 fully saturated rings. The van der Waals surface area contributed by atoms with Crippen LogP contribution < -0.4 is 5.48 Å². The molecule has 0 aliphatic rings. The monoisotopic (exact) mass is 437 g/mol. The first-order valence-corrected chi connectivity index (χ1v) is 11.0. The number of hydrogen-bond donors (Lipinski definition) is 2. The van der Waals surface area contributed by atoms with Crippen molar-refractivity contribution in [1.82, 2.24) is 15.0 Å². The average Bonchev–Trinajstić information content (AvgIpc) is 3.18. The van der Waals surface area contributed by atoms with Crippen molar-refractivity contribution in [1.29, 1.82) is 0 Å². The Hall–Kier alpha value is -3.96. The van der Waals surface area contributed by atoms with Gasteiger partial charge in [-0.25, -0.2) is 10.5 Å². The summed E-state index contributed by atoms with van der Waals surface area (Å²) in [5, 5.41) is 8.77. The summed E-state index contributed by atoms with van der Waals surface area (Å²) in [6, 6.07) is 28.9. The fraction of sp³-hybridized carbons (Fsp3) is 0.143. The Morgan fingerprint density at radius 1 is 1.03 bits per heavy atom. The molecule has 0 saturated heterocycles. The normalized spacial score (nSPS) is 12.1. The van der Waals surface area contributed by atoms with Crippen molar-refractivity contribution in [3.05, 3.63) is 119 Å². The molecular formula is C28H27N3O2. The molecule has 0 bridgehead atoms. The summed E-state index contributed by atoms with van der Waals surface area (Å²) in [7, 11) is 0. The highest BCUT2D eigenvalue weighted by Gasteiger charge is 2.21. The van der Waals surface area contributed by atoms with Gasteiger partial charge in [0.2, 0.25) is 0 Å². The molecule has 0 aliphatic carbocycles. The van der Waals surface area contributed by atoms with E-state index in [1.165, 1.54) is 17.2 Å². The third-order valence-corrected chi connectivity index (χ3v) is 5.74. The smallest absolute Gasteiger partial charge is 0.267 e. The molecule has 5 nitrogen and oxygen atoms in total. The molecule has 0 saturated carbocycles. The molecule has 4 rings (SSSR count). The zero-order valence-electron chi connectivity index (χ0n) is 18.8. The lowest BCUT2D eigenvalue weighted by atomic mass is 10.0. The van der Waals surface area contributed by atoms with E-state index in [9.17, 15) is 4.79 Å². The Morgan fingerprint density at radius 2 is 1.73 bits per heavy atom. The van der Waals surface area contributed by atoms with E-state index in [-0.39, 0.29) is 6.04 Å². The van der Waals surface area contributed by atoms with Crippen molar-refractivity contribution < 1.29 is 10.0 Å². The summed E-state index contributed by atoms with van der Waals surface area (Å²) < 4.78 is 2.29. The van der Waals surface area contributed by atoms with Crippen LogP contribution in [-0.4, -0.2) is 20.7 Å². The van der Waals surface area contributed by atoms with E-state index >= 15 is 0 Å². The summed E-state index contributed by atoms with van der Waals surface area (Å²) in [5.74, 6) is 0.386. The first kappa shape index (κ1) is 22.2. The van der Waals surface area contributed by atoms with Crippen LogP contribution in [0.4, 0.5) is 0 Å². The van der Waals surface area contributed by atoms with Gasteiger partial charge < -0.3 is 4.57 Å². The van der Waals surface area contributed by atoms with Crippen LogP contribution in [0, 0.1) is 6.92 Å². The molecule has 1 heterocycles. The number of benzene rings is 3. The largest absolute Gasteiger partial charge is 0.321 e. The lowest BCUT2D eigenvalue weighted by Crippen LogP contribution is -2.14. The van der Waals surface area contributed by atoms with Crippen LogP contribution in [0.2, 0.25) is 0 Å². The van der Waals surface area contributed by atoms with Crippen LogP contribution in [0.15, 0.2) is 91.0 Å². The van der Waals surface area contributed by atoms with E-state index in [1.54, 1.807) is 11.6 Å². The summed E-state index contributed by atoms with van der Waals surface area (Å²) in [6.07, 6.45) is 3.71. The number of aryl methyl sites for hydroxylation is 1. The minimum Gasteiger partial charge on any atom is -0.321 e. The van der Waals surface area contributed by atoms with Gasteiger partial charge in [0.15, 0.2) is 0 Å². The van der Waals surface area contributed by atoms with Crippen molar-refractivity contribution >= 4 is 12.0 Å². The molecule has 0 radical (unpaired) electrons. The number of nitrogens with one attached hydrogen (secondary N) is 1. The maximum Gasteiger partial charge on any atom is 0.267 e. The van der Waals surface area contributed by atoms with Gasteiger partial charge in [0, 0.05) is 18.1 Å². The molecule has 1 aromatic heterocycles. The highest BCUT2D eigenvalue weighted by molar-refractivity contribution is 5.91. The van der Waals surface area contributed by atoms with Gasteiger partial charge in [-0.3, -0.25) is 10.0 Å². The maximum absolute atomic E-state index is 11.4. The number of carbonyl (C=O) groups is 1. The number of hydrogen-bond acceptors (Lipinski definition) is 3. The van der Waals surface area contributed by atoms with Crippen molar-refractivity contribution in [3.63, 3.8) is 0 Å². The summed E-state index contributed by atoms with van der Waals surface area (Å²) >= 11 is 0. The lowest BCUT2D eigenvalue weighted by molar-refractivity contribution is -0.124. The minimum atomic E-state index is -0.566. The number of hydroxylamine groups is 1. The third kappa shape index (κ3) is 5.10. The molecule has 33 heavy (non-hydrogen) atoms. The molecule has 3 aromatic carbocycles.